The van der Waals surface area contributed by atoms with Crippen molar-refractivity contribution in [2.24, 2.45) is 5.41 Å². The molecule has 0 saturated carbocycles. The molecule has 3 rings (SSSR count). The van der Waals surface area contributed by atoms with Crippen molar-refractivity contribution in [1.29, 1.82) is 0 Å². The van der Waals surface area contributed by atoms with Crippen LogP contribution in [0.3, 0.4) is 0 Å². The average Bonchev–Trinajstić information content (AvgIpc) is 3.26. The van der Waals surface area contributed by atoms with Crippen LogP contribution in [0.5, 0.6) is 0 Å². The molecular formula is C22H29ClN4O3. The molecule has 162 valence electrons. The van der Waals surface area contributed by atoms with Gasteiger partial charge in [0.05, 0.1) is 12.1 Å². The van der Waals surface area contributed by atoms with E-state index in [0.29, 0.717) is 23.7 Å². The van der Waals surface area contributed by atoms with Gasteiger partial charge < -0.3 is 20.3 Å². The summed E-state index contributed by atoms with van der Waals surface area (Å²) in [6, 6.07) is 6.54. The summed E-state index contributed by atoms with van der Waals surface area (Å²) in [5.74, 6) is 0.139. The number of aliphatic hydroxyl groups excluding tert-OH is 1. The lowest BCUT2D eigenvalue weighted by molar-refractivity contribution is -0.140. The van der Waals surface area contributed by atoms with E-state index in [0.717, 1.165) is 11.3 Å². The van der Waals surface area contributed by atoms with E-state index >= 15 is 0 Å². The Morgan fingerprint density at radius 1 is 1.37 bits per heavy atom. The van der Waals surface area contributed by atoms with Crippen LogP contribution in [0.4, 0.5) is 0 Å². The Balaban J connectivity index is 1.82. The van der Waals surface area contributed by atoms with Crippen LogP contribution in [0.25, 0.3) is 0 Å². The van der Waals surface area contributed by atoms with Gasteiger partial charge in [0.25, 0.3) is 0 Å². The number of amides is 2. The van der Waals surface area contributed by atoms with Crippen LogP contribution >= 0.6 is 11.6 Å². The summed E-state index contributed by atoms with van der Waals surface area (Å²) < 4.78 is 0. The number of aromatic amines is 1. The maximum absolute atomic E-state index is 13.3. The normalized spacial score (nSPS) is 20.3. The molecule has 0 unspecified atom stereocenters. The van der Waals surface area contributed by atoms with Crippen molar-refractivity contribution in [2.45, 2.75) is 58.7 Å². The van der Waals surface area contributed by atoms with Gasteiger partial charge in [-0.15, -0.1) is 0 Å². The molecule has 1 aromatic carbocycles. The van der Waals surface area contributed by atoms with Gasteiger partial charge in [-0.25, -0.2) is 4.98 Å². The van der Waals surface area contributed by atoms with Gasteiger partial charge in [-0.05, 0) is 17.0 Å². The van der Waals surface area contributed by atoms with E-state index in [1.54, 1.807) is 11.1 Å². The van der Waals surface area contributed by atoms with Gasteiger partial charge in [-0.3, -0.25) is 9.59 Å². The van der Waals surface area contributed by atoms with E-state index in [-0.39, 0.29) is 24.4 Å². The van der Waals surface area contributed by atoms with E-state index in [1.807, 2.05) is 45.0 Å². The lowest BCUT2D eigenvalue weighted by atomic mass is 9.85. The van der Waals surface area contributed by atoms with Crippen molar-refractivity contribution >= 4 is 23.4 Å². The number of carbonyl (C=O) groups excluding carboxylic acids is 2. The number of aromatic nitrogens is 2. The van der Waals surface area contributed by atoms with E-state index in [2.05, 4.69) is 15.3 Å². The minimum absolute atomic E-state index is 0.205. The Hall–Kier alpha value is -2.38. The fraction of sp³-hybridized carbons (Fsp3) is 0.500. The highest BCUT2D eigenvalue weighted by Gasteiger charge is 2.43. The Kier molecular flexibility index (Phi) is 6.53. The third-order valence-electron chi connectivity index (χ3n) is 5.33. The number of aliphatic hydroxyl groups is 1. The van der Waals surface area contributed by atoms with Crippen molar-refractivity contribution in [3.05, 3.63) is 52.6 Å². The summed E-state index contributed by atoms with van der Waals surface area (Å²) in [6.45, 7) is 7.32. The monoisotopic (exact) mass is 432 g/mol. The minimum Gasteiger partial charge on any atom is -0.391 e. The van der Waals surface area contributed by atoms with Gasteiger partial charge in [-0.2, -0.15) is 0 Å². The molecule has 0 radical (unpaired) electrons. The van der Waals surface area contributed by atoms with Gasteiger partial charge in [-0.1, -0.05) is 50.6 Å². The first-order valence-corrected chi connectivity index (χ1v) is 10.5. The molecule has 2 aromatic rings. The van der Waals surface area contributed by atoms with Crippen molar-refractivity contribution in [3.8, 4) is 0 Å². The van der Waals surface area contributed by atoms with Gasteiger partial charge in [0.2, 0.25) is 11.8 Å². The average molecular weight is 433 g/mol. The molecule has 8 heteroatoms. The zero-order valence-electron chi connectivity index (χ0n) is 17.8. The summed E-state index contributed by atoms with van der Waals surface area (Å²) in [4.78, 5) is 34.4. The highest BCUT2D eigenvalue weighted by molar-refractivity contribution is 6.31. The first-order valence-electron chi connectivity index (χ1n) is 10.1. The van der Waals surface area contributed by atoms with Crippen molar-refractivity contribution in [1.82, 2.24) is 20.2 Å². The quantitative estimate of drug-likeness (QED) is 0.676. The highest BCUT2D eigenvalue weighted by atomic mass is 35.5. The van der Waals surface area contributed by atoms with E-state index < -0.39 is 17.6 Å². The van der Waals surface area contributed by atoms with Gasteiger partial charge in [0.15, 0.2) is 0 Å². The maximum Gasteiger partial charge on any atom is 0.246 e. The zero-order chi connectivity index (χ0) is 22.1. The lowest BCUT2D eigenvalue weighted by Gasteiger charge is -2.35. The fourth-order valence-electron chi connectivity index (χ4n) is 3.82. The predicted molar refractivity (Wildman–Crippen MR) is 115 cm³/mol. The minimum atomic E-state index is -0.694. The number of β-amino-alcohol motifs (C(OH)–C–C–N with tert-alkyl or cyclic N) is 1. The predicted octanol–water partition coefficient (Wildman–Crippen LogP) is 2.84. The summed E-state index contributed by atoms with van der Waals surface area (Å²) >= 11 is 6.26. The second-order valence-corrected chi connectivity index (χ2v) is 9.36. The summed E-state index contributed by atoms with van der Waals surface area (Å²) in [6.07, 6.45) is 2.07. The van der Waals surface area contributed by atoms with Crippen LogP contribution in [0.1, 0.15) is 57.2 Å². The van der Waals surface area contributed by atoms with Gasteiger partial charge in [0, 0.05) is 43.2 Å². The molecule has 1 saturated heterocycles. The lowest BCUT2D eigenvalue weighted by Crippen LogP contribution is -2.54. The smallest absolute Gasteiger partial charge is 0.246 e. The molecule has 2 heterocycles. The topological polar surface area (TPSA) is 98.3 Å². The fourth-order valence-corrected chi connectivity index (χ4v) is 4.02. The molecular weight excluding hydrogens is 404 g/mol. The number of nitrogens with one attached hydrogen (secondary N) is 2. The molecule has 0 spiro atoms. The Morgan fingerprint density at radius 3 is 2.70 bits per heavy atom. The number of hydrogen-bond acceptors (Lipinski definition) is 4. The van der Waals surface area contributed by atoms with Crippen LogP contribution in [0.2, 0.25) is 5.02 Å². The first-order chi connectivity index (χ1) is 14.1. The van der Waals surface area contributed by atoms with E-state index in [9.17, 15) is 14.7 Å². The number of H-pyrrole nitrogens is 1. The molecule has 7 nitrogen and oxygen atoms in total. The SMILES string of the molecule is CC(=O)N[C@H](C(=O)N1C[C@H](O)C[C@H]1c1ncc(Cc2ccccc2Cl)[nH]1)C(C)(C)C. The number of rotatable bonds is 5. The van der Waals surface area contributed by atoms with Crippen LogP contribution < -0.4 is 5.32 Å². The van der Waals surface area contributed by atoms with Crippen molar-refractivity contribution in [3.63, 3.8) is 0 Å². The third-order valence-corrected chi connectivity index (χ3v) is 5.69. The van der Waals surface area contributed by atoms with Crippen LogP contribution in [-0.4, -0.2) is 50.5 Å². The first kappa shape index (κ1) is 22.3. The summed E-state index contributed by atoms with van der Waals surface area (Å²) in [7, 11) is 0. The van der Waals surface area contributed by atoms with Crippen LogP contribution in [0.15, 0.2) is 30.5 Å². The Bertz CT molecular complexity index is 921. The number of imidazole rings is 1. The number of likely N-dealkylation sites (tertiary alicyclic amines) is 1. The zero-order valence-corrected chi connectivity index (χ0v) is 18.5. The molecule has 1 aromatic heterocycles. The number of carbonyl (C=O) groups is 2. The third kappa shape index (κ3) is 5.02. The largest absolute Gasteiger partial charge is 0.391 e. The van der Waals surface area contributed by atoms with Gasteiger partial charge >= 0.3 is 0 Å². The van der Waals surface area contributed by atoms with Crippen LogP contribution in [-0.2, 0) is 16.0 Å². The number of nitrogens with zero attached hydrogens (tertiary/aromatic N) is 2. The highest BCUT2D eigenvalue weighted by Crippen LogP contribution is 2.33. The Morgan fingerprint density at radius 2 is 2.07 bits per heavy atom. The molecule has 30 heavy (non-hydrogen) atoms. The van der Waals surface area contributed by atoms with E-state index in [4.69, 9.17) is 11.6 Å². The summed E-state index contributed by atoms with van der Waals surface area (Å²) in [5.41, 5.74) is 1.38. The molecule has 1 aliphatic heterocycles. The van der Waals surface area contributed by atoms with Crippen molar-refractivity contribution in [2.75, 3.05) is 6.54 Å². The number of halogens is 1. The maximum atomic E-state index is 13.3. The Labute approximate surface area is 181 Å². The summed E-state index contributed by atoms with van der Waals surface area (Å²) in [5, 5.41) is 13.7. The second kappa shape index (κ2) is 8.78. The molecule has 2 amide bonds. The standard InChI is InChI=1S/C22H29ClN4O3/c1-13(28)25-19(22(2,3)4)21(30)27-12-16(29)10-18(27)20-24-11-15(26-20)9-14-7-5-6-8-17(14)23/h5-8,11,16,18-19,29H,9-10,12H2,1-4H3,(H,24,26)(H,25,28)/t16-,18+,19-/m1/s1. The van der Waals surface area contributed by atoms with E-state index in [1.165, 1.54) is 6.92 Å². The molecule has 3 atom stereocenters. The van der Waals surface area contributed by atoms with Crippen LogP contribution in [0, 0.1) is 5.41 Å². The number of hydrogen-bond donors (Lipinski definition) is 3. The molecule has 0 bridgehead atoms. The van der Waals surface area contributed by atoms with Crippen molar-refractivity contribution < 1.29 is 14.7 Å². The molecule has 1 aliphatic rings. The number of benzene rings is 1. The van der Waals surface area contributed by atoms with Gasteiger partial charge in [0.1, 0.15) is 11.9 Å². The molecule has 1 fully saturated rings. The molecule has 3 N–H and O–H groups in total. The molecule has 0 aliphatic carbocycles. The second-order valence-electron chi connectivity index (χ2n) is 8.96.